The fourth-order valence-corrected chi connectivity index (χ4v) is 1.53. The van der Waals surface area contributed by atoms with Gasteiger partial charge in [-0.15, -0.1) is 0 Å². The fourth-order valence-electron chi connectivity index (χ4n) is 1.53. The Bertz CT molecular complexity index is 305. The second-order valence-electron chi connectivity index (χ2n) is 4.03. The lowest BCUT2D eigenvalue weighted by molar-refractivity contribution is 0.140. The van der Waals surface area contributed by atoms with Gasteiger partial charge in [0, 0.05) is 11.9 Å². The molecule has 1 aromatic heterocycles. The van der Waals surface area contributed by atoms with Crippen LogP contribution in [-0.4, -0.2) is 15.7 Å². The van der Waals surface area contributed by atoms with Gasteiger partial charge < -0.3 is 5.11 Å². The Kier molecular flexibility index (Phi) is 2.08. The maximum Gasteiger partial charge on any atom is 0.0653 e. The zero-order valence-corrected chi connectivity index (χ0v) is 7.95. The SMILES string of the molecule is Cc1cc(CCC2(O)CC2)ccn1. The summed E-state index contributed by atoms with van der Waals surface area (Å²) in [5.41, 5.74) is 2.02. The monoisotopic (exact) mass is 177 g/mol. The highest BCUT2D eigenvalue weighted by Gasteiger charge is 2.39. The molecule has 1 N–H and O–H groups in total. The second kappa shape index (κ2) is 3.11. The summed E-state index contributed by atoms with van der Waals surface area (Å²) in [6.45, 7) is 2.00. The van der Waals surface area contributed by atoms with E-state index in [0.29, 0.717) is 0 Å². The minimum Gasteiger partial charge on any atom is -0.390 e. The number of hydrogen-bond acceptors (Lipinski definition) is 2. The van der Waals surface area contributed by atoms with Crippen LogP contribution in [0.2, 0.25) is 0 Å². The van der Waals surface area contributed by atoms with E-state index in [2.05, 4.69) is 11.1 Å². The topological polar surface area (TPSA) is 33.1 Å². The van der Waals surface area contributed by atoms with Crippen LogP contribution in [0.3, 0.4) is 0 Å². The van der Waals surface area contributed by atoms with Crippen molar-refractivity contribution in [3.63, 3.8) is 0 Å². The molecule has 1 fully saturated rings. The number of pyridine rings is 1. The lowest BCUT2D eigenvalue weighted by Gasteiger charge is -2.06. The van der Waals surface area contributed by atoms with Crippen molar-refractivity contribution < 1.29 is 5.11 Å². The Labute approximate surface area is 78.6 Å². The zero-order chi connectivity index (χ0) is 9.31. The minimum absolute atomic E-state index is 0.322. The third kappa shape index (κ3) is 2.28. The molecule has 1 heterocycles. The normalized spacial score (nSPS) is 18.6. The second-order valence-corrected chi connectivity index (χ2v) is 4.03. The van der Waals surface area contributed by atoms with Crippen molar-refractivity contribution in [2.45, 2.75) is 38.2 Å². The predicted molar refractivity (Wildman–Crippen MR) is 51.5 cm³/mol. The lowest BCUT2D eigenvalue weighted by atomic mass is 10.1. The van der Waals surface area contributed by atoms with E-state index < -0.39 is 0 Å². The van der Waals surface area contributed by atoms with Crippen LogP contribution in [0.15, 0.2) is 18.3 Å². The molecule has 0 atom stereocenters. The van der Waals surface area contributed by atoms with E-state index in [1.165, 1.54) is 5.56 Å². The summed E-state index contributed by atoms with van der Waals surface area (Å²) in [6.07, 6.45) is 5.67. The molecule has 1 aliphatic rings. The molecule has 1 saturated carbocycles. The van der Waals surface area contributed by atoms with Gasteiger partial charge in [-0.3, -0.25) is 4.98 Å². The van der Waals surface area contributed by atoms with Crippen LogP contribution < -0.4 is 0 Å². The number of aromatic nitrogens is 1. The zero-order valence-electron chi connectivity index (χ0n) is 7.95. The van der Waals surface area contributed by atoms with Crippen molar-refractivity contribution in [1.29, 1.82) is 0 Å². The Hall–Kier alpha value is -0.890. The maximum absolute atomic E-state index is 9.64. The molecule has 2 rings (SSSR count). The Morgan fingerprint density at radius 3 is 2.92 bits per heavy atom. The van der Waals surface area contributed by atoms with Gasteiger partial charge in [0.25, 0.3) is 0 Å². The van der Waals surface area contributed by atoms with Crippen LogP contribution in [0.4, 0.5) is 0 Å². The van der Waals surface area contributed by atoms with Crippen LogP contribution in [-0.2, 0) is 6.42 Å². The summed E-state index contributed by atoms with van der Waals surface area (Å²) >= 11 is 0. The summed E-state index contributed by atoms with van der Waals surface area (Å²) < 4.78 is 0. The number of hydrogen-bond donors (Lipinski definition) is 1. The van der Waals surface area contributed by atoms with Gasteiger partial charge >= 0.3 is 0 Å². The molecule has 0 bridgehead atoms. The van der Waals surface area contributed by atoms with E-state index in [-0.39, 0.29) is 5.60 Å². The van der Waals surface area contributed by atoms with E-state index in [1.807, 2.05) is 19.2 Å². The summed E-state index contributed by atoms with van der Waals surface area (Å²) in [6, 6.07) is 4.12. The largest absolute Gasteiger partial charge is 0.390 e. The molecule has 13 heavy (non-hydrogen) atoms. The first-order chi connectivity index (χ1) is 6.18. The lowest BCUT2D eigenvalue weighted by Crippen LogP contribution is -2.07. The first kappa shape index (κ1) is 8.70. The van der Waals surface area contributed by atoms with Crippen molar-refractivity contribution in [3.05, 3.63) is 29.6 Å². The highest BCUT2D eigenvalue weighted by Crippen LogP contribution is 2.39. The third-order valence-corrected chi connectivity index (χ3v) is 2.67. The molecule has 0 unspecified atom stereocenters. The summed E-state index contributed by atoms with van der Waals surface area (Å²) in [5.74, 6) is 0. The van der Waals surface area contributed by atoms with Gasteiger partial charge in [0.1, 0.15) is 0 Å². The summed E-state index contributed by atoms with van der Waals surface area (Å²) in [4.78, 5) is 4.14. The molecule has 1 aliphatic carbocycles. The molecule has 70 valence electrons. The molecular weight excluding hydrogens is 162 g/mol. The average Bonchev–Trinajstić information content (AvgIpc) is 2.82. The van der Waals surface area contributed by atoms with Crippen molar-refractivity contribution in [2.24, 2.45) is 0 Å². The minimum atomic E-state index is -0.322. The van der Waals surface area contributed by atoms with E-state index in [1.54, 1.807) is 0 Å². The quantitative estimate of drug-likeness (QED) is 0.764. The first-order valence-electron chi connectivity index (χ1n) is 4.82. The van der Waals surface area contributed by atoms with E-state index >= 15 is 0 Å². The van der Waals surface area contributed by atoms with E-state index in [9.17, 15) is 5.11 Å². The molecule has 1 aromatic rings. The van der Waals surface area contributed by atoms with Gasteiger partial charge in [-0.2, -0.15) is 0 Å². The van der Waals surface area contributed by atoms with Crippen LogP contribution in [0.5, 0.6) is 0 Å². The average molecular weight is 177 g/mol. The van der Waals surface area contributed by atoms with Crippen molar-refractivity contribution in [3.8, 4) is 0 Å². The molecule has 0 amide bonds. The third-order valence-electron chi connectivity index (χ3n) is 2.67. The van der Waals surface area contributed by atoms with Gasteiger partial charge in [0.15, 0.2) is 0 Å². The standard InChI is InChI=1S/C11H15NO/c1-9-8-10(3-7-12-9)2-4-11(13)5-6-11/h3,7-8,13H,2,4-6H2,1H3. The summed E-state index contributed by atoms with van der Waals surface area (Å²) in [7, 11) is 0. The van der Waals surface area contributed by atoms with Crippen LogP contribution >= 0.6 is 0 Å². The van der Waals surface area contributed by atoms with Gasteiger partial charge in [-0.05, 0) is 50.3 Å². The Balaban J connectivity index is 1.94. The van der Waals surface area contributed by atoms with Crippen molar-refractivity contribution in [1.82, 2.24) is 4.98 Å². The molecule has 0 radical (unpaired) electrons. The fraction of sp³-hybridized carbons (Fsp3) is 0.545. The smallest absolute Gasteiger partial charge is 0.0653 e. The number of nitrogens with zero attached hydrogens (tertiary/aromatic N) is 1. The molecule has 2 nitrogen and oxygen atoms in total. The molecule has 0 aromatic carbocycles. The van der Waals surface area contributed by atoms with Gasteiger partial charge in [0.05, 0.1) is 5.60 Å². The predicted octanol–water partition coefficient (Wildman–Crippen LogP) is 1.85. The highest BCUT2D eigenvalue weighted by atomic mass is 16.3. The number of aryl methyl sites for hydroxylation is 2. The van der Waals surface area contributed by atoms with Crippen molar-refractivity contribution >= 4 is 0 Å². The highest BCUT2D eigenvalue weighted by molar-refractivity contribution is 5.16. The Morgan fingerprint density at radius 1 is 1.54 bits per heavy atom. The van der Waals surface area contributed by atoms with Crippen LogP contribution in [0, 0.1) is 6.92 Å². The molecule has 0 saturated heterocycles. The maximum atomic E-state index is 9.64. The van der Waals surface area contributed by atoms with E-state index in [4.69, 9.17) is 0 Å². The van der Waals surface area contributed by atoms with Gasteiger partial charge in [-0.1, -0.05) is 0 Å². The Morgan fingerprint density at radius 2 is 2.31 bits per heavy atom. The molecule has 0 aliphatic heterocycles. The number of aliphatic hydroxyl groups is 1. The van der Waals surface area contributed by atoms with Crippen LogP contribution in [0.25, 0.3) is 0 Å². The molecule has 0 spiro atoms. The van der Waals surface area contributed by atoms with Crippen molar-refractivity contribution in [2.75, 3.05) is 0 Å². The van der Waals surface area contributed by atoms with Gasteiger partial charge in [-0.25, -0.2) is 0 Å². The first-order valence-corrected chi connectivity index (χ1v) is 4.82. The molecule has 2 heteroatoms. The molecular formula is C11H15NO. The number of rotatable bonds is 3. The van der Waals surface area contributed by atoms with E-state index in [0.717, 1.165) is 31.4 Å². The summed E-state index contributed by atoms with van der Waals surface area (Å²) in [5, 5.41) is 9.64. The van der Waals surface area contributed by atoms with Crippen LogP contribution in [0.1, 0.15) is 30.5 Å². The van der Waals surface area contributed by atoms with Gasteiger partial charge in [0.2, 0.25) is 0 Å².